The van der Waals surface area contributed by atoms with Gasteiger partial charge in [-0.3, -0.25) is 0 Å². The monoisotopic (exact) mass is 340 g/mol. The Labute approximate surface area is 153 Å². The smallest absolute Gasteiger partial charge is 0.101 e. The summed E-state index contributed by atoms with van der Waals surface area (Å²) in [6.07, 6.45) is 6.29. The second-order valence-electron chi connectivity index (χ2n) is 7.30. The van der Waals surface area contributed by atoms with Crippen molar-refractivity contribution in [2.75, 3.05) is 0 Å². The summed E-state index contributed by atoms with van der Waals surface area (Å²) in [4.78, 5) is 0. The topological polar surface area (TPSA) is 0 Å². The Balaban J connectivity index is 1.94. The van der Waals surface area contributed by atoms with Gasteiger partial charge in [-0.1, -0.05) is 95.0 Å². The lowest BCUT2D eigenvalue weighted by atomic mass is 9.92. The van der Waals surface area contributed by atoms with Gasteiger partial charge in [-0.2, -0.15) is 0 Å². The molecule has 0 radical (unpaired) electrons. The van der Waals surface area contributed by atoms with E-state index in [1.54, 1.807) is 0 Å². The van der Waals surface area contributed by atoms with Crippen LogP contribution in [0.25, 0.3) is 11.1 Å². The third-order valence-electron chi connectivity index (χ3n) is 5.04. The molecule has 0 saturated carbocycles. The maximum atomic E-state index is 14.1. The molecule has 0 aliphatic rings. The van der Waals surface area contributed by atoms with E-state index in [0.717, 1.165) is 25.7 Å². The van der Waals surface area contributed by atoms with Crippen LogP contribution in [0.3, 0.4) is 0 Å². The lowest BCUT2D eigenvalue weighted by Crippen LogP contribution is -2.06. The van der Waals surface area contributed by atoms with E-state index in [1.165, 1.54) is 28.7 Å². The largest absolute Gasteiger partial charge is 0.247 e. The molecule has 0 N–H and O–H groups in total. The van der Waals surface area contributed by atoms with Crippen LogP contribution in [0.5, 0.6) is 0 Å². The van der Waals surface area contributed by atoms with Gasteiger partial charge in [0.2, 0.25) is 0 Å². The van der Waals surface area contributed by atoms with Gasteiger partial charge in [-0.15, -0.1) is 0 Å². The maximum absolute atomic E-state index is 14.1. The zero-order chi connectivity index (χ0) is 18.1. The first-order valence-corrected chi connectivity index (χ1v) is 9.97. The van der Waals surface area contributed by atoms with Crippen LogP contribution in [0.4, 0.5) is 4.39 Å². The number of alkyl halides is 1. The zero-order valence-corrected chi connectivity index (χ0v) is 16.1. The molecule has 25 heavy (non-hydrogen) atoms. The van der Waals surface area contributed by atoms with Crippen LogP contribution in [0, 0.1) is 0 Å². The van der Waals surface area contributed by atoms with Crippen LogP contribution in [-0.4, -0.2) is 6.17 Å². The van der Waals surface area contributed by atoms with Crippen molar-refractivity contribution < 1.29 is 4.39 Å². The minimum absolute atomic E-state index is 0.276. The molecule has 0 heterocycles. The third kappa shape index (κ3) is 6.30. The number of aryl methyl sites for hydroxylation is 1. The van der Waals surface area contributed by atoms with E-state index < -0.39 is 6.17 Å². The van der Waals surface area contributed by atoms with E-state index in [2.05, 4.69) is 69.3 Å². The van der Waals surface area contributed by atoms with E-state index in [1.807, 2.05) is 0 Å². The highest BCUT2D eigenvalue weighted by Gasteiger charge is 2.13. The molecule has 1 heteroatoms. The molecular formula is C24H33F. The predicted molar refractivity (Wildman–Crippen MR) is 108 cm³/mol. The van der Waals surface area contributed by atoms with E-state index in [4.69, 9.17) is 0 Å². The van der Waals surface area contributed by atoms with Gasteiger partial charge in [0.05, 0.1) is 0 Å². The number of rotatable bonds is 10. The van der Waals surface area contributed by atoms with Crippen LogP contribution < -0.4 is 0 Å². The molecule has 2 aromatic carbocycles. The maximum Gasteiger partial charge on any atom is 0.101 e. The zero-order valence-electron chi connectivity index (χ0n) is 16.1. The van der Waals surface area contributed by atoms with Crippen molar-refractivity contribution in [1.29, 1.82) is 0 Å². The summed E-state index contributed by atoms with van der Waals surface area (Å²) in [5.74, 6) is 0.276. The molecule has 0 saturated heterocycles. The van der Waals surface area contributed by atoms with Gasteiger partial charge in [-0.25, -0.2) is 4.39 Å². The fourth-order valence-corrected chi connectivity index (χ4v) is 3.41. The summed E-state index contributed by atoms with van der Waals surface area (Å²) in [6.45, 7) is 6.51. The second-order valence-corrected chi connectivity index (χ2v) is 7.30. The van der Waals surface area contributed by atoms with Crippen molar-refractivity contribution in [3.05, 3.63) is 59.7 Å². The van der Waals surface area contributed by atoms with Crippen molar-refractivity contribution in [2.45, 2.75) is 77.8 Å². The van der Waals surface area contributed by atoms with Gasteiger partial charge in [-0.05, 0) is 47.4 Å². The van der Waals surface area contributed by atoms with Crippen molar-refractivity contribution >= 4 is 0 Å². The van der Waals surface area contributed by atoms with E-state index in [0.29, 0.717) is 12.8 Å². The molecule has 0 aliphatic heterocycles. The van der Waals surface area contributed by atoms with E-state index in [-0.39, 0.29) is 5.92 Å². The third-order valence-corrected chi connectivity index (χ3v) is 5.04. The number of benzene rings is 2. The van der Waals surface area contributed by atoms with Crippen LogP contribution in [0.15, 0.2) is 48.5 Å². The van der Waals surface area contributed by atoms with Crippen molar-refractivity contribution in [3.8, 4) is 11.1 Å². The molecule has 0 fully saturated rings. The Bertz CT molecular complexity index is 597. The summed E-state index contributed by atoms with van der Waals surface area (Å²) in [7, 11) is 0. The average Bonchev–Trinajstić information content (AvgIpc) is 2.63. The van der Waals surface area contributed by atoms with Crippen LogP contribution >= 0.6 is 0 Å². The van der Waals surface area contributed by atoms with Gasteiger partial charge in [0.15, 0.2) is 0 Å². The van der Waals surface area contributed by atoms with E-state index in [9.17, 15) is 4.39 Å². The van der Waals surface area contributed by atoms with E-state index >= 15 is 0 Å². The number of unbranched alkanes of at least 4 members (excludes halogenated alkanes) is 2. The molecule has 2 aromatic rings. The quantitative estimate of drug-likeness (QED) is 0.388. The first-order chi connectivity index (χ1) is 12.1. The van der Waals surface area contributed by atoms with Crippen molar-refractivity contribution in [3.63, 3.8) is 0 Å². The first kappa shape index (κ1) is 19.7. The van der Waals surface area contributed by atoms with Crippen molar-refractivity contribution in [1.82, 2.24) is 0 Å². The molecular weight excluding hydrogens is 307 g/mol. The molecule has 2 rings (SSSR count). The van der Waals surface area contributed by atoms with Gasteiger partial charge in [0, 0.05) is 0 Å². The number of hydrogen-bond acceptors (Lipinski definition) is 0. The molecule has 0 aromatic heterocycles. The molecule has 0 aliphatic carbocycles. The highest BCUT2D eigenvalue weighted by molar-refractivity contribution is 5.64. The van der Waals surface area contributed by atoms with Gasteiger partial charge in [0.25, 0.3) is 0 Å². The fraction of sp³-hybridized carbons (Fsp3) is 0.500. The normalized spacial score (nSPS) is 13.6. The predicted octanol–water partition coefficient (Wildman–Crippen LogP) is 7.72. The summed E-state index contributed by atoms with van der Waals surface area (Å²) < 4.78 is 14.1. The Morgan fingerprint density at radius 2 is 1.40 bits per heavy atom. The lowest BCUT2D eigenvalue weighted by Gasteiger charge is -2.16. The minimum Gasteiger partial charge on any atom is -0.247 e. The molecule has 136 valence electrons. The summed E-state index contributed by atoms with van der Waals surface area (Å²) >= 11 is 0. The highest BCUT2D eigenvalue weighted by Crippen LogP contribution is 2.27. The lowest BCUT2D eigenvalue weighted by molar-refractivity contribution is 0.275. The Morgan fingerprint density at radius 1 is 0.800 bits per heavy atom. The standard InChI is InChI=1S/C24H33F/c1-4-6-7-9-24(25)18-19(3)21-14-16-23(17-15-21)22-12-10-20(8-5-2)11-13-22/h10-17,19,24H,4-9,18H2,1-3H3. The summed E-state index contributed by atoms with van der Waals surface area (Å²) in [6, 6.07) is 17.5. The van der Waals surface area contributed by atoms with Crippen LogP contribution in [0.1, 0.15) is 76.3 Å². The average molecular weight is 341 g/mol. The fourth-order valence-electron chi connectivity index (χ4n) is 3.41. The number of halogens is 1. The first-order valence-electron chi connectivity index (χ1n) is 9.97. The molecule has 0 nitrogen and oxygen atoms in total. The van der Waals surface area contributed by atoms with Crippen molar-refractivity contribution in [2.24, 2.45) is 0 Å². The molecule has 0 amide bonds. The molecule has 2 unspecified atom stereocenters. The minimum atomic E-state index is -0.674. The number of hydrogen-bond donors (Lipinski definition) is 0. The second kappa shape index (κ2) is 10.4. The SMILES string of the molecule is CCCCCC(F)CC(C)c1ccc(-c2ccc(CCC)cc2)cc1. The van der Waals surface area contributed by atoms with Crippen LogP contribution in [-0.2, 0) is 6.42 Å². The summed E-state index contributed by atoms with van der Waals surface area (Å²) in [5.41, 5.74) is 5.12. The molecule has 0 bridgehead atoms. The van der Waals surface area contributed by atoms with Crippen LogP contribution in [0.2, 0.25) is 0 Å². The molecule has 0 spiro atoms. The van der Waals surface area contributed by atoms with Gasteiger partial charge < -0.3 is 0 Å². The van der Waals surface area contributed by atoms with Gasteiger partial charge >= 0.3 is 0 Å². The van der Waals surface area contributed by atoms with Gasteiger partial charge in [0.1, 0.15) is 6.17 Å². The Morgan fingerprint density at radius 3 is 1.96 bits per heavy atom. The summed E-state index contributed by atoms with van der Waals surface area (Å²) in [5, 5.41) is 0. The Hall–Kier alpha value is -1.63. The molecule has 2 atom stereocenters. The highest BCUT2D eigenvalue weighted by atomic mass is 19.1. The Kier molecular flexibility index (Phi) is 8.18.